The topological polar surface area (TPSA) is 59.6 Å². The predicted molar refractivity (Wildman–Crippen MR) is 62.9 cm³/mol. The van der Waals surface area contributed by atoms with E-state index in [1.807, 2.05) is 0 Å². The van der Waals surface area contributed by atoms with E-state index in [1.54, 1.807) is 7.11 Å². The summed E-state index contributed by atoms with van der Waals surface area (Å²) >= 11 is 0. The van der Waals surface area contributed by atoms with Crippen molar-refractivity contribution in [3.05, 3.63) is 0 Å². The lowest BCUT2D eigenvalue weighted by molar-refractivity contribution is 0.163. The van der Waals surface area contributed by atoms with Crippen molar-refractivity contribution in [2.45, 2.75) is 38.6 Å². The van der Waals surface area contributed by atoms with Crippen LogP contribution in [0.4, 0.5) is 0 Å². The Hall–Kier alpha value is -0.770. The largest absolute Gasteiger partial charge is 0.384 e. The first kappa shape index (κ1) is 12.3. The summed E-state index contributed by atoms with van der Waals surface area (Å²) in [7, 11) is 1.71. The van der Waals surface area contributed by atoms with Crippen molar-refractivity contribution in [1.82, 2.24) is 5.32 Å². The van der Waals surface area contributed by atoms with Gasteiger partial charge < -0.3 is 15.8 Å². The molecule has 1 atom stereocenters. The van der Waals surface area contributed by atoms with Crippen LogP contribution in [0.3, 0.4) is 0 Å². The molecular formula is C11H23N3O. The summed E-state index contributed by atoms with van der Waals surface area (Å²) in [6, 6.07) is 0.548. The minimum atomic E-state index is 0.430. The molecule has 0 spiro atoms. The molecule has 3 N–H and O–H groups in total. The third-order valence-electron chi connectivity index (χ3n) is 2.73. The van der Waals surface area contributed by atoms with Crippen LogP contribution in [0.15, 0.2) is 4.99 Å². The van der Waals surface area contributed by atoms with Gasteiger partial charge >= 0.3 is 0 Å². The van der Waals surface area contributed by atoms with Crippen LogP contribution < -0.4 is 11.1 Å². The Labute approximate surface area is 92.3 Å². The number of nitrogens with zero attached hydrogens (tertiary/aromatic N) is 1. The summed E-state index contributed by atoms with van der Waals surface area (Å²) < 4.78 is 5.04. The van der Waals surface area contributed by atoms with Gasteiger partial charge in [-0.2, -0.15) is 0 Å². The maximum atomic E-state index is 5.80. The Morgan fingerprint density at radius 1 is 1.53 bits per heavy atom. The van der Waals surface area contributed by atoms with Crippen LogP contribution in [0.5, 0.6) is 0 Å². The molecule has 0 bridgehead atoms. The summed E-state index contributed by atoms with van der Waals surface area (Å²) in [6.07, 6.45) is 5.07. The number of nitrogens with two attached hydrogens (primary N) is 1. The van der Waals surface area contributed by atoms with Crippen LogP contribution in [-0.2, 0) is 4.74 Å². The molecule has 88 valence electrons. The van der Waals surface area contributed by atoms with E-state index < -0.39 is 0 Å². The molecule has 15 heavy (non-hydrogen) atoms. The first-order valence-electron chi connectivity index (χ1n) is 5.77. The van der Waals surface area contributed by atoms with Gasteiger partial charge in [0.25, 0.3) is 0 Å². The first-order valence-corrected chi connectivity index (χ1v) is 5.77. The van der Waals surface area contributed by atoms with Crippen LogP contribution in [0.2, 0.25) is 0 Å². The van der Waals surface area contributed by atoms with Gasteiger partial charge in [-0.3, -0.25) is 4.99 Å². The highest BCUT2D eigenvalue weighted by atomic mass is 16.5. The van der Waals surface area contributed by atoms with Crippen molar-refractivity contribution in [3.63, 3.8) is 0 Å². The van der Waals surface area contributed by atoms with Crippen molar-refractivity contribution in [1.29, 1.82) is 0 Å². The highest BCUT2D eigenvalue weighted by molar-refractivity contribution is 5.78. The minimum absolute atomic E-state index is 0.430. The fourth-order valence-electron chi connectivity index (χ4n) is 1.92. The molecule has 0 radical (unpaired) electrons. The Morgan fingerprint density at radius 2 is 2.20 bits per heavy atom. The lowest BCUT2D eigenvalue weighted by atomic mass is 10.2. The van der Waals surface area contributed by atoms with Crippen molar-refractivity contribution < 1.29 is 4.74 Å². The fraction of sp³-hybridized carbons (Fsp3) is 0.909. The summed E-state index contributed by atoms with van der Waals surface area (Å²) in [5.41, 5.74) is 5.80. The molecule has 0 aromatic carbocycles. The highest BCUT2D eigenvalue weighted by Crippen LogP contribution is 2.17. The number of hydrogen-bond donors (Lipinski definition) is 2. The highest BCUT2D eigenvalue weighted by Gasteiger charge is 2.14. The molecular weight excluding hydrogens is 190 g/mol. The molecule has 1 fully saturated rings. The Balaban J connectivity index is 2.19. The second kappa shape index (κ2) is 6.67. The minimum Gasteiger partial charge on any atom is -0.384 e. The van der Waals surface area contributed by atoms with Gasteiger partial charge in [0.15, 0.2) is 5.96 Å². The molecule has 1 aliphatic rings. The van der Waals surface area contributed by atoms with Crippen LogP contribution in [-0.4, -0.2) is 32.3 Å². The smallest absolute Gasteiger partial charge is 0.188 e. The van der Waals surface area contributed by atoms with E-state index in [4.69, 9.17) is 10.5 Å². The first-order chi connectivity index (χ1) is 7.22. The van der Waals surface area contributed by atoms with E-state index >= 15 is 0 Å². The van der Waals surface area contributed by atoms with Crippen molar-refractivity contribution in [3.8, 4) is 0 Å². The zero-order chi connectivity index (χ0) is 11.1. The third kappa shape index (κ3) is 5.02. The van der Waals surface area contributed by atoms with Gasteiger partial charge in [-0.25, -0.2) is 0 Å². The zero-order valence-corrected chi connectivity index (χ0v) is 9.83. The van der Waals surface area contributed by atoms with E-state index in [-0.39, 0.29) is 0 Å². The molecule has 0 aliphatic heterocycles. The lowest BCUT2D eigenvalue weighted by Gasteiger charge is -2.13. The Morgan fingerprint density at radius 3 is 2.80 bits per heavy atom. The van der Waals surface area contributed by atoms with Gasteiger partial charge in [0.05, 0.1) is 6.61 Å². The molecule has 0 heterocycles. The predicted octanol–water partition coefficient (Wildman–Crippen LogP) is 1.12. The summed E-state index contributed by atoms with van der Waals surface area (Å²) in [6.45, 7) is 3.58. The number of aliphatic imine (C=N–C) groups is 1. The molecule has 0 saturated heterocycles. The van der Waals surface area contributed by atoms with Crippen LogP contribution in [0.1, 0.15) is 32.6 Å². The maximum absolute atomic E-state index is 5.80. The second-order valence-corrected chi connectivity index (χ2v) is 4.41. The SMILES string of the molecule is COCC(C)CN=C(N)NC1CCCC1. The molecule has 0 amide bonds. The number of methoxy groups -OCH3 is 1. The monoisotopic (exact) mass is 213 g/mol. The van der Waals surface area contributed by atoms with E-state index in [1.165, 1.54) is 25.7 Å². The molecule has 4 nitrogen and oxygen atoms in total. The zero-order valence-electron chi connectivity index (χ0n) is 9.83. The van der Waals surface area contributed by atoms with Gasteiger partial charge in [-0.05, 0) is 18.8 Å². The Bertz CT molecular complexity index is 200. The number of rotatable bonds is 5. The molecule has 0 aromatic rings. The van der Waals surface area contributed by atoms with Crippen molar-refractivity contribution in [2.24, 2.45) is 16.6 Å². The molecule has 1 unspecified atom stereocenters. The van der Waals surface area contributed by atoms with Gasteiger partial charge in [-0.1, -0.05) is 19.8 Å². The van der Waals surface area contributed by atoms with Gasteiger partial charge in [0.2, 0.25) is 0 Å². The second-order valence-electron chi connectivity index (χ2n) is 4.41. The number of nitrogens with one attached hydrogen (secondary N) is 1. The van der Waals surface area contributed by atoms with E-state index in [9.17, 15) is 0 Å². The molecule has 4 heteroatoms. The van der Waals surface area contributed by atoms with Crippen LogP contribution in [0.25, 0.3) is 0 Å². The van der Waals surface area contributed by atoms with Gasteiger partial charge in [0, 0.05) is 19.7 Å². The summed E-state index contributed by atoms with van der Waals surface area (Å²) in [4.78, 5) is 4.31. The average molecular weight is 213 g/mol. The number of guanidine groups is 1. The molecule has 1 rings (SSSR count). The summed E-state index contributed by atoms with van der Waals surface area (Å²) in [5.74, 6) is 1.02. The lowest BCUT2D eigenvalue weighted by Crippen LogP contribution is -2.38. The molecule has 0 aromatic heterocycles. The van der Waals surface area contributed by atoms with E-state index in [2.05, 4.69) is 17.2 Å². The van der Waals surface area contributed by atoms with Gasteiger partial charge in [-0.15, -0.1) is 0 Å². The number of ether oxygens (including phenoxy) is 1. The fourth-order valence-corrected chi connectivity index (χ4v) is 1.92. The maximum Gasteiger partial charge on any atom is 0.188 e. The quantitative estimate of drug-likeness (QED) is 0.531. The van der Waals surface area contributed by atoms with Crippen molar-refractivity contribution >= 4 is 5.96 Å². The number of hydrogen-bond acceptors (Lipinski definition) is 2. The van der Waals surface area contributed by atoms with E-state index in [0.717, 1.165) is 13.2 Å². The van der Waals surface area contributed by atoms with Crippen LogP contribution in [0, 0.1) is 5.92 Å². The average Bonchev–Trinajstić information content (AvgIpc) is 2.68. The normalized spacial score (nSPS) is 20.5. The third-order valence-corrected chi connectivity index (χ3v) is 2.73. The molecule has 1 aliphatic carbocycles. The van der Waals surface area contributed by atoms with E-state index in [0.29, 0.717) is 17.9 Å². The van der Waals surface area contributed by atoms with Crippen LogP contribution >= 0.6 is 0 Å². The van der Waals surface area contributed by atoms with Crippen molar-refractivity contribution in [2.75, 3.05) is 20.3 Å². The van der Waals surface area contributed by atoms with Gasteiger partial charge in [0.1, 0.15) is 0 Å². The molecule has 1 saturated carbocycles. The summed E-state index contributed by atoms with van der Waals surface area (Å²) in [5, 5.41) is 3.26. The standard InChI is InChI=1S/C11H23N3O/c1-9(8-15-2)7-13-11(12)14-10-5-3-4-6-10/h9-10H,3-8H2,1-2H3,(H3,12,13,14). The Kier molecular flexibility index (Phi) is 5.47.